The normalized spacial score (nSPS) is 11.3. The second-order valence-corrected chi connectivity index (χ2v) is 6.39. The van der Waals surface area contributed by atoms with Gasteiger partial charge in [-0.1, -0.05) is 6.07 Å². The fraction of sp³-hybridized carbons (Fsp3) is 0.286. The summed E-state index contributed by atoms with van der Waals surface area (Å²) in [5.41, 5.74) is 0.513. The molecule has 2 rings (SSSR count). The van der Waals surface area contributed by atoms with Crippen molar-refractivity contribution in [3.8, 4) is 5.69 Å². The lowest BCUT2D eigenvalue weighted by atomic mass is 10.2. The Morgan fingerprint density at radius 1 is 1.43 bits per heavy atom. The molecule has 1 N–H and O–H groups in total. The number of rotatable bonds is 2. The van der Waals surface area contributed by atoms with Gasteiger partial charge in [-0.3, -0.25) is 5.32 Å². The molecule has 0 aliphatic carbocycles. The van der Waals surface area contributed by atoms with Crippen LogP contribution < -0.4 is 5.32 Å². The minimum absolute atomic E-state index is 0.347. The second-order valence-electron chi connectivity index (χ2n) is 5.37. The van der Waals surface area contributed by atoms with Crippen LogP contribution in [0.15, 0.2) is 30.5 Å². The van der Waals surface area contributed by atoms with Gasteiger partial charge in [0.05, 0.1) is 17.6 Å². The molecule has 0 fully saturated rings. The van der Waals surface area contributed by atoms with Gasteiger partial charge in [-0.15, -0.1) is 0 Å². The highest BCUT2D eigenvalue weighted by atomic mass is 127. The highest BCUT2D eigenvalue weighted by Crippen LogP contribution is 2.22. The Hall–Kier alpha value is -1.64. The van der Waals surface area contributed by atoms with Crippen LogP contribution in [0.25, 0.3) is 5.69 Å². The van der Waals surface area contributed by atoms with Crippen LogP contribution in [0, 0.1) is 9.52 Å². The Morgan fingerprint density at radius 3 is 2.76 bits per heavy atom. The van der Waals surface area contributed by atoms with E-state index in [-0.39, 0.29) is 5.82 Å². The van der Waals surface area contributed by atoms with E-state index in [0.717, 1.165) is 0 Å². The lowest BCUT2D eigenvalue weighted by Gasteiger charge is -2.19. The molecular weight excluding hydrogens is 388 g/mol. The van der Waals surface area contributed by atoms with E-state index in [9.17, 15) is 9.18 Å². The largest absolute Gasteiger partial charge is 0.444 e. The molecule has 1 aromatic heterocycles. The van der Waals surface area contributed by atoms with E-state index in [2.05, 4.69) is 10.4 Å². The minimum Gasteiger partial charge on any atom is -0.444 e. The molecule has 0 saturated heterocycles. The van der Waals surface area contributed by atoms with E-state index in [0.29, 0.717) is 15.1 Å². The molecule has 1 heterocycles. The zero-order valence-corrected chi connectivity index (χ0v) is 14.0. The molecule has 0 atom stereocenters. The van der Waals surface area contributed by atoms with Crippen molar-refractivity contribution in [3.05, 3.63) is 40.0 Å². The Bertz CT molecular complexity index is 664. The molecular formula is C14H15FIN3O2. The lowest BCUT2D eigenvalue weighted by molar-refractivity contribution is 0.0636. The fourth-order valence-electron chi connectivity index (χ4n) is 1.62. The third-order valence-corrected chi connectivity index (χ3v) is 3.44. The predicted molar refractivity (Wildman–Crippen MR) is 86.1 cm³/mol. The van der Waals surface area contributed by atoms with Crippen molar-refractivity contribution in [2.75, 3.05) is 5.32 Å². The van der Waals surface area contributed by atoms with E-state index in [4.69, 9.17) is 4.74 Å². The van der Waals surface area contributed by atoms with E-state index in [1.54, 1.807) is 32.9 Å². The van der Waals surface area contributed by atoms with E-state index in [1.807, 2.05) is 22.6 Å². The first-order valence-corrected chi connectivity index (χ1v) is 7.33. The molecule has 0 spiro atoms. The van der Waals surface area contributed by atoms with Crippen LogP contribution in [-0.4, -0.2) is 21.5 Å². The van der Waals surface area contributed by atoms with Gasteiger partial charge in [0.1, 0.15) is 15.1 Å². The van der Waals surface area contributed by atoms with Gasteiger partial charge in [-0.05, 0) is 61.6 Å². The van der Waals surface area contributed by atoms with Crippen molar-refractivity contribution >= 4 is 34.4 Å². The molecule has 0 saturated carbocycles. The summed E-state index contributed by atoms with van der Waals surface area (Å²) in [7, 11) is 0. The number of hydrogen-bond donors (Lipinski definition) is 1. The van der Waals surface area contributed by atoms with Gasteiger partial charge < -0.3 is 4.74 Å². The first-order valence-electron chi connectivity index (χ1n) is 6.26. The number of nitrogens with zero attached hydrogens (tertiary/aromatic N) is 2. The summed E-state index contributed by atoms with van der Waals surface area (Å²) < 4.78 is 20.6. The smallest absolute Gasteiger partial charge is 0.412 e. The molecule has 1 aromatic carbocycles. The highest BCUT2D eigenvalue weighted by Gasteiger charge is 2.18. The molecule has 1 amide bonds. The van der Waals surface area contributed by atoms with Gasteiger partial charge in [-0.2, -0.15) is 5.10 Å². The quantitative estimate of drug-likeness (QED) is 0.773. The Morgan fingerprint density at radius 2 is 2.14 bits per heavy atom. The van der Waals surface area contributed by atoms with Crippen molar-refractivity contribution in [1.82, 2.24) is 9.78 Å². The van der Waals surface area contributed by atoms with Crippen molar-refractivity contribution in [2.45, 2.75) is 26.4 Å². The Kier molecular flexibility index (Phi) is 4.50. The first-order chi connectivity index (χ1) is 9.76. The third kappa shape index (κ3) is 4.16. The van der Waals surface area contributed by atoms with Crippen molar-refractivity contribution in [1.29, 1.82) is 0 Å². The summed E-state index contributed by atoms with van der Waals surface area (Å²) in [5.74, 6) is -0.347. The molecule has 0 bridgehead atoms. The molecule has 0 unspecified atom stereocenters. The molecule has 0 aliphatic heterocycles. The summed E-state index contributed by atoms with van der Waals surface area (Å²) in [4.78, 5) is 11.7. The van der Waals surface area contributed by atoms with Gasteiger partial charge in [-0.25, -0.2) is 13.9 Å². The SMILES string of the molecule is CC(C)(C)OC(=O)Nc1cnn(-c2cccc(F)c2)c1I. The average molecular weight is 403 g/mol. The Balaban J connectivity index is 2.20. The Labute approximate surface area is 135 Å². The number of carbonyl (C=O) groups excluding carboxylic acids is 1. The number of hydrogen-bond acceptors (Lipinski definition) is 3. The fourth-order valence-corrected chi connectivity index (χ4v) is 2.30. The van der Waals surface area contributed by atoms with Crippen LogP contribution >= 0.6 is 22.6 Å². The van der Waals surface area contributed by atoms with Gasteiger partial charge in [0.15, 0.2) is 0 Å². The van der Waals surface area contributed by atoms with Crippen LogP contribution in [0.5, 0.6) is 0 Å². The monoisotopic (exact) mass is 403 g/mol. The van der Waals surface area contributed by atoms with Crippen molar-refractivity contribution in [3.63, 3.8) is 0 Å². The van der Waals surface area contributed by atoms with E-state index >= 15 is 0 Å². The average Bonchev–Trinajstić information content (AvgIpc) is 2.68. The lowest BCUT2D eigenvalue weighted by Crippen LogP contribution is -2.27. The zero-order chi connectivity index (χ0) is 15.6. The van der Waals surface area contributed by atoms with Crippen LogP contribution in [0.2, 0.25) is 0 Å². The standard InChI is InChI=1S/C14H15FIN3O2/c1-14(2,3)21-13(20)18-11-8-17-19(12(11)16)10-6-4-5-9(15)7-10/h4-8H,1-3H3,(H,18,20). The molecule has 5 nitrogen and oxygen atoms in total. The van der Waals surface area contributed by atoms with Crippen LogP contribution in [0.1, 0.15) is 20.8 Å². The van der Waals surface area contributed by atoms with Crippen LogP contribution in [-0.2, 0) is 4.74 Å². The summed E-state index contributed by atoms with van der Waals surface area (Å²) in [5, 5.41) is 6.77. The van der Waals surface area contributed by atoms with Crippen molar-refractivity contribution in [2.24, 2.45) is 0 Å². The molecule has 0 aliphatic rings. The first kappa shape index (κ1) is 15.7. The zero-order valence-electron chi connectivity index (χ0n) is 11.9. The number of aromatic nitrogens is 2. The van der Waals surface area contributed by atoms with E-state index < -0.39 is 11.7 Å². The number of carbonyl (C=O) groups is 1. The number of anilines is 1. The maximum Gasteiger partial charge on any atom is 0.412 e. The molecule has 21 heavy (non-hydrogen) atoms. The van der Waals surface area contributed by atoms with Gasteiger partial charge in [0.2, 0.25) is 0 Å². The maximum atomic E-state index is 13.3. The maximum absolute atomic E-state index is 13.3. The molecule has 2 aromatic rings. The summed E-state index contributed by atoms with van der Waals surface area (Å²) in [6, 6.07) is 6.06. The van der Waals surface area contributed by atoms with E-state index in [1.165, 1.54) is 23.0 Å². The van der Waals surface area contributed by atoms with Crippen molar-refractivity contribution < 1.29 is 13.9 Å². The number of nitrogens with one attached hydrogen (secondary N) is 1. The predicted octanol–water partition coefficient (Wildman–Crippen LogP) is 3.96. The number of ether oxygens (including phenoxy) is 1. The summed E-state index contributed by atoms with van der Waals surface area (Å²) >= 11 is 2.03. The van der Waals surface area contributed by atoms with Gasteiger partial charge >= 0.3 is 6.09 Å². The summed E-state index contributed by atoms with van der Waals surface area (Å²) in [6.07, 6.45) is 0.940. The number of benzene rings is 1. The van der Waals surface area contributed by atoms with Gasteiger partial charge in [0.25, 0.3) is 0 Å². The number of amides is 1. The minimum atomic E-state index is -0.575. The summed E-state index contributed by atoms with van der Waals surface area (Å²) in [6.45, 7) is 5.36. The second kappa shape index (κ2) is 6.00. The third-order valence-electron chi connectivity index (χ3n) is 2.40. The van der Waals surface area contributed by atoms with Crippen LogP contribution in [0.3, 0.4) is 0 Å². The highest BCUT2D eigenvalue weighted by molar-refractivity contribution is 14.1. The topological polar surface area (TPSA) is 56.1 Å². The number of halogens is 2. The molecule has 7 heteroatoms. The molecule has 0 radical (unpaired) electrons. The van der Waals surface area contributed by atoms with Gasteiger partial charge in [0, 0.05) is 0 Å². The molecule has 112 valence electrons. The van der Waals surface area contributed by atoms with Crippen LogP contribution in [0.4, 0.5) is 14.9 Å².